The first-order valence-corrected chi connectivity index (χ1v) is 12.2. The van der Waals surface area contributed by atoms with Gasteiger partial charge >= 0.3 is 0 Å². The zero-order valence-electron chi connectivity index (χ0n) is 18.7. The Morgan fingerprint density at radius 3 is 2.23 bits per heavy atom. The van der Waals surface area contributed by atoms with Crippen LogP contribution in [0.1, 0.15) is 18.9 Å². The van der Waals surface area contributed by atoms with E-state index in [1.54, 1.807) is 42.5 Å². The smallest absolute Gasteiger partial charge is 0.252 e. The Morgan fingerprint density at radius 1 is 1.00 bits per heavy atom. The van der Waals surface area contributed by atoms with Crippen LogP contribution in [0.15, 0.2) is 83.8 Å². The van der Waals surface area contributed by atoms with Crippen molar-refractivity contribution < 1.29 is 27.2 Å². The molecule has 1 atom stereocenters. The molecule has 0 bridgehead atoms. The molecule has 0 saturated carbocycles. The molecule has 1 aliphatic rings. The van der Waals surface area contributed by atoms with Crippen molar-refractivity contribution in [3.63, 3.8) is 0 Å². The van der Waals surface area contributed by atoms with E-state index in [1.165, 1.54) is 19.1 Å². The number of rotatable bonds is 7. The molecule has 3 amide bonds. The molecule has 180 valence electrons. The standard InChI is InChI=1S/C25H22FN3O5S/c1-17(30)27-20-9-11-21(12-10-20)29-24(31)15-23(25(29)32)28(16-18-5-3-2-4-6-18)35(33,34)22-13-7-19(26)8-14-22/h2-14,23H,15-16H2,1H3,(H,27,30). The predicted molar refractivity (Wildman–Crippen MR) is 127 cm³/mol. The molecule has 0 spiro atoms. The summed E-state index contributed by atoms with van der Waals surface area (Å²) in [5.74, 6) is -2.11. The van der Waals surface area contributed by atoms with Gasteiger partial charge in [-0.15, -0.1) is 0 Å². The third kappa shape index (κ3) is 5.13. The summed E-state index contributed by atoms with van der Waals surface area (Å²) in [5, 5.41) is 2.60. The van der Waals surface area contributed by atoms with Gasteiger partial charge in [-0.25, -0.2) is 17.7 Å². The summed E-state index contributed by atoms with van der Waals surface area (Å²) in [6.07, 6.45) is -0.348. The molecule has 4 rings (SSSR count). The third-order valence-electron chi connectivity index (χ3n) is 5.52. The second kappa shape index (κ2) is 9.77. The molecule has 1 heterocycles. The molecule has 1 saturated heterocycles. The van der Waals surface area contributed by atoms with Crippen LogP contribution in [-0.2, 0) is 31.0 Å². The molecule has 3 aromatic carbocycles. The minimum Gasteiger partial charge on any atom is -0.326 e. The maximum absolute atomic E-state index is 13.6. The molecular formula is C25H22FN3O5S. The molecule has 3 aromatic rings. The summed E-state index contributed by atoms with van der Waals surface area (Å²) in [4.78, 5) is 38.3. The number of sulfonamides is 1. The highest BCUT2D eigenvalue weighted by molar-refractivity contribution is 7.89. The van der Waals surface area contributed by atoms with E-state index >= 15 is 0 Å². The van der Waals surface area contributed by atoms with E-state index in [-0.39, 0.29) is 29.5 Å². The SMILES string of the molecule is CC(=O)Nc1ccc(N2C(=O)CC(N(Cc3ccccc3)S(=O)(=O)c3ccc(F)cc3)C2=O)cc1. The van der Waals surface area contributed by atoms with Gasteiger partial charge in [0.25, 0.3) is 5.91 Å². The summed E-state index contributed by atoms with van der Waals surface area (Å²) in [5.41, 5.74) is 1.37. The van der Waals surface area contributed by atoms with E-state index in [4.69, 9.17) is 0 Å². The highest BCUT2D eigenvalue weighted by atomic mass is 32.2. The van der Waals surface area contributed by atoms with Gasteiger partial charge in [0.2, 0.25) is 21.8 Å². The molecule has 8 nitrogen and oxygen atoms in total. The monoisotopic (exact) mass is 495 g/mol. The predicted octanol–water partition coefficient (Wildman–Crippen LogP) is 3.31. The van der Waals surface area contributed by atoms with E-state index in [9.17, 15) is 27.2 Å². The van der Waals surface area contributed by atoms with Gasteiger partial charge in [0.05, 0.1) is 17.0 Å². The second-order valence-electron chi connectivity index (χ2n) is 8.01. The Hall–Kier alpha value is -3.89. The maximum Gasteiger partial charge on any atom is 0.252 e. The van der Waals surface area contributed by atoms with Crippen LogP contribution in [-0.4, -0.2) is 36.5 Å². The minimum absolute atomic E-state index is 0.153. The first-order valence-electron chi connectivity index (χ1n) is 10.7. The molecule has 35 heavy (non-hydrogen) atoms. The molecule has 0 aliphatic carbocycles. The van der Waals surface area contributed by atoms with Crippen molar-refractivity contribution in [3.05, 3.63) is 90.2 Å². The van der Waals surface area contributed by atoms with E-state index < -0.39 is 33.7 Å². The van der Waals surface area contributed by atoms with E-state index in [1.807, 2.05) is 0 Å². The van der Waals surface area contributed by atoms with Gasteiger partial charge in [-0.3, -0.25) is 14.4 Å². The second-order valence-corrected chi connectivity index (χ2v) is 9.90. The maximum atomic E-state index is 13.6. The van der Waals surface area contributed by atoms with Gasteiger partial charge in [-0.1, -0.05) is 30.3 Å². The van der Waals surface area contributed by atoms with Crippen molar-refractivity contribution >= 4 is 39.1 Å². The Bertz CT molecular complexity index is 1360. The van der Waals surface area contributed by atoms with Crippen molar-refractivity contribution in [1.29, 1.82) is 0 Å². The van der Waals surface area contributed by atoms with Crippen LogP contribution in [0.25, 0.3) is 0 Å². The highest BCUT2D eigenvalue weighted by Crippen LogP contribution is 2.31. The van der Waals surface area contributed by atoms with Crippen molar-refractivity contribution in [2.45, 2.75) is 30.8 Å². The fraction of sp³-hybridized carbons (Fsp3) is 0.160. The number of carbonyl (C=O) groups excluding carboxylic acids is 3. The van der Waals surface area contributed by atoms with Crippen LogP contribution < -0.4 is 10.2 Å². The number of benzene rings is 3. The van der Waals surface area contributed by atoms with Crippen molar-refractivity contribution in [3.8, 4) is 0 Å². The van der Waals surface area contributed by atoms with Crippen molar-refractivity contribution in [1.82, 2.24) is 4.31 Å². The molecular weight excluding hydrogens is 473 g/mol. The third-order valence-corrected chi connectivity index (χ3v) is 7.39. The van der Waals surface area contributed by atoms with Gasteiger partial charge < -0.3 is 5.32 Å². The lowest BCUT2D eigenvalue weighted by Crippen LogP contribution is -2.45. The quantitative estimate of drug-likeness (QED) is 0.507. The summed E-state index contributed by atoms with van der Waals surface area (Å²) >= 11 is 0. The Labute approximate surface area is 202 Å². The van der Waals surface area contributed by atoms with Crippen LogP contribution in [0.5, 0.6) is 0 Å². The van der Waals surface area contributed by atoms with Crippen LogP contribution >= 0.6 is 0 Å². The van der Waals surface area contributed by atoms with E-state index in [0.717, 1.165) is 33.5 Å². The van der Waals surface area contributed by atoms with Crippen LogP contribution in [0.2, 0.25) is 0 Å². The normalized spacial score (nSPS) is 16.1. The highest BCUT2D eigenvalue weighted by Gasteiger charge is 2.47. The molecule has 0 aromatic heterocycles. The Morgan fingerprint density at radius 2 is 1.63 bits per heavy atom. The fourth-order valence-electron chi connectivity index (χ4n) is 3.88. The zero-order chi connectivity index (χ0) is 25.2. The van der Waals surface area contributed by atoms with Gasteiger partial charge in [0.1, 0.15) is 11.9 Å². The largest absolute Gasteiger partial charge is 0.326 e. The topological polar surface area (TPSA) is 104 Å². The summed E-state index contributed by atoms with van der Waals surface area (Å²) < 4.78 is 41.5. The first kappa shape index (κ1) is 24.2. The molecule has 1 fully saturated rings. The zero-order valence-corrected chi connectivity index (χ0v) is 19.5. The number of hydrogen-bond acceptors (Lipinski definition) is 5. The average Bonchev–Trinajstić information content (AvgIpc) is 3.12. The molecule has 1 aliphatic heterocycles. The van der Waals surface area contributed by atoms with Gasteiger partial charge in [-0.2, -0.15) is 4.31 Å². The number of anilines is 2. The van der Waals surface area contributed by atoms with Crippen LogP contribution in [0.3, 0.4) is 0 Å². The van der Waals surface area contributed by atoms with Gasteiger partial charge in [0, 0.05) is 19.2 Å². The Kier molecular flexibility index (Phi) is 6.77. The summed E-state index contributed by atoms with van der Waals surface area (Å²) in [6.45, 7) is 1.20. The van der Waals surface area contributed by atoms with Crippen molar-refractivity contribution in [2.24, 2.45) is 0 Å². The number of amides is 3. The minimum atomic E-state index is -4.26. The van der Waals surface area contributed by atoms with E-state index in [2.05, 4.69) is 5.32 Å². The molecule has 0 radical (unpaired) electrons. The average molecular weight is 496 g/mol. The number of hydrogen-bond donors (Lipinski definition) is 1. The number of carbonyl (C=O) groups is 3. The van der Waals surface area contributed by atoms with Crippen molar-refractivity contribution in [2.75, 3.05) is 10.2 Å². The number of halogens is 1. The number of nitrogens with one attached hydrogen (secondary N) is 1. The summed E-state index contributed by atoms with van der Waals surface area (Å²) in [7, 11) is -4.26. The lowest BCUT2D eigenvalue weighted by atomic mass is 10.2. The lowest BCUT2D eigenvalue weighted by Gasteiger charge is -2.27. The Balaban J connectivity index is 1.69. The molecule has 1 unspecified atom stereocenters. The first-order chi connectivity index (χ1) is 16.7. The molecule has 1 N–H and O–H groups in total. The summed E-state index contributed by atoms with van der Waals surface area (Å²) in [6, 6.07) is 17.8. The van der Waals surface area contributed by atoms with Crippen LogP contribution in [0.4, 0.5) is 15.8 Å². The fourth-order valence-corrected chi connectivity index (χ4v) is 5.45. The lowest BCUT2D eigenvalue weighted by molar-refractivity contribution is -0.122. The van der Waals surface area contributed by atoms with Gasteiger partial charge in [-0.05, 0) is 54.1 Å². The van der Waals surface area contributed by atoms with Crippen LogP contribution in [0, 0.1) is 5.82 Å². The number of imide groups is 1. The molecule has 10 heteroatoms. The number of nitrogens with zero attached hydrogens (tertiary/aromatic N) is 2. The van der Waals surface area contributed by atoms with Gasteiger partial charge in [0.15, 0.2) is 0 Å². The van der Waals surface area contributed by atoms with E-state index in [0.29, 0.717) is 11.3 Å².